The third-order valence-electron chi connectivity index (χ3n) is 3.48. The lowest BCUT2D eigenvalue weighted by molar-refractivity contribution is -0.123. The van der Waals surface area contributed by atoms with Gasteiger partial charge in [0.2, 0.25) is 0 Å². The van der Waals surface area contributed by atoms with Gasteiger partial charge < -0.3 is 15.4 Å². The topological polar surface area (TPSA) is 91.2 Å². The predicted octanol–water partition coefficient (Wildman–Crippen LogP) is 3.79. The summed E-state index contributed by atoms with van der Waals surface area (Å²) < 4.78 is 5.40. The highest BCUT2D eigenvalue weighted by Gasteiger charge is 2.10. The van der Waals surface area contributed by atoms with Crippen LogP contribution in [0, 0.1) is 11.3 Å². The monoisotopic (exact) mass is 397 g/mol. The summed E-state index contributed by atoms with van der Waals surface area (Å²) in [4.78, 5) is 23.8. The molecule has 2 aromatic carbocycles. The number of rotatable bonds is 7. The van der Waals surface area contributed by atoms with E-state index in [1.807, 2.05) is 19.9 Å². The van der Waals surface area contributed by atoms with Gasteiger partial charge in [0.05, 0.1) is 0 Å². The molecule has 2 rings (SSSR count). The second-order valence-electron chi connectivity index (χ2n) is 6.21. The Bertz CT molecular complexity index is 898. The highest BCUT2D eigenvalue weighted by atomic mass is 35.5. The van der Waals surface area contributed by atoms with E-state index in [1.54, 1.807) is 48.5 Å². The van der Waals surface area contributed by atoms with Gasteiger partial charge in [0.15, 0.2) is 6.61 Å². The van der Waals surface area contributed by atoms with Crippen molar-refractivity contribution in [1.29, 1.82) is 5.26 Å². The number of amides is 2. The maximum Gasteiger partial charge on any atom is 0.266 e. The molecule has 0 unspecified atom stereocenters. The Morgan fingerprint density at radius 2 is 1.79 bits per heavy atom. The minimum absolute atomic E-state index is 0.0417. The van der Waals surface area contributed by atoms with Crippen molar-refractivity contribution in [3.05, 3.63) is 64.7 Å². The normalized spacial score (nSPS) is 10.9. The third-order valence-corrected chi connectivity index (χ3v) is 3.73. The van der Waals surface area contributed by atoms with Crippen LogP contribution in [0.5, 0.6) is 5.75 Å². The largest absolute Gasteiger partial charge is 0.484 e. The van der Waals surface area contributed by atoms with Crippen LogP contribution >= 0.6 is 11.6 Å². The first-order valence-electron chi connectivity index (χ1n) is 8.58. The molecule has 0 aliphatic heterocycles. The molecule has 0 saturated heterocycles. The smallest absolute Gasteiger partial charge is 0.266 e. The number of ether oxygens (including phenoxy) is 1. The molecule has 6 nitrogen and oxygen atoms in total. The molecule has 0 heterocycles. The number of nitriles is 1. The average molecular weight is 398 g/mol. The lowest BCUT2D eigenvalue weighted by Crippen LogP contribution is -2.34. The number of nitrogens with zero attached hydrogens (tertiary/aromatic N) is 1. The highest BCUT2D eigenvalue weighted by Crippen LogP contribution is 2.17. The molecule has 2 N–H and O–H groups in total. The molecular formula is C21H20ClN3O3. The summed E-state index contributed by atoms with van der Waals surface area (Å²) in [6.45, 7) is 3.66. The van der Waals surface area contributed by atoms with Gasteiger partial charge in [-0.3, -0.25) is 9.59 Å². The Balaban J connectivity index is 1.99. The Hall–Kier alpha value is -3.30. The number of carbonyl (C=O) groups excluding carboxylic acids is 2. The number of nitrogens with one attached hydrogen (secondary N) is 2. The van der Waals surface area contributed by atoms with Crippen molar-refractivity contribution in [2.75, 3.05) is 11.9 Å². The van der Waals surface area contributed by atoms with Gasteiger partial charge in [-0.25, -0.2) is 0 Å². The summed E-state index contributed by atoms with van der Waals surface area (Å²) in [7, 11) is 0. The zero-order valence-electron chi connectivity index (χ0n) is 15.5. The number of halogens is 1. The number of hydrogen-bond acceptors (Lipinski definition) is 4. The van der Waals surface area contributed by atoms with Gasteiger partial charge in [0, 0.05) is 16.8 Å². The highest BCUT2D eigenvalue weighted by molar-refractivity contribution is 6.30. The van der Waals surface area contributed by atoms with E-state index in [0.717, 1.165) is 0 Å². The van der Waals surface area contributed by atoms with Crippen molar-refractivity contribution < 1.29 is 14.3 Å². The lowest BCUT2D eigenvalue weighted by Gasteiger charge is -2.09. The summed E-state index contributed by atoms with van der Waals surface area (Å²) >= 11 is 5.81. The van der Waals surface area contributed by atoms with E-state index in [2.05, 4.69) is 10.6 Å². The lowest BCUT2D eigenvalue weighted by atomic mass is 10.1. The molecule has 144 valence electrons. The van der Waals surface area contributed by atoms with Crippen LogP contribution in [0.15, 0.2) is 54.1 Å². The van der Waals surface area contributed by atoms with Crippen LogP contribution in [0.1, 0.15) is 19.4 Å². The number of carbonyl (C=O) groups is 2. The van der Waals surface area contributed by atoms with Crippen molar-refractivity contribution in [3.8, 4) is 11.8 Å². The molecule has 0 aliphatic carbocycles. The van der Waals surface area contributed by atoms with Crippen LogP contribution in [0.4, 0.5) is 5.69 Å². The Morgan fingerprint density at radius 3 is 2.36 bits per heavy atom. The SMILES string of the molecule is CC(C)NC(=O)COc1ccc(/C=C(\C#N)C(=O)Nc2ccc(Cl)cc2)cc1. The Morgan fingerprint density at radius 1 is 1.14 bits per heavy atom. The predicted molar refractivity (Wildman–Crippen MR) is 109 cm³/mol. The van der Waals surface area contributed by atoms with Gasteiger partial charge >= 0.3 is 0 Å². The number of anilines is 1. The minimum atomic E-state index is -0.518. The van der Waals surface area contributed by atoms with E-state index >= 15 is 0 Å². The first kappa shape index (κ1) is 21.0. The van der Waals surface area contributed by atoms with E-state index in [0.29, 0.717) is 22.0 Å². The van der Waals surface area contributed by atoms with Gasteiger partial charge in [0.1, 0.15) is 17.4 Å². The van der Waals surface area contributed by atoms with E-state index in [-0.39, 0.29) is 24.1 Å². The first-order valence-corrected chi connectivity index (χ1v) is 8.96. The summed E-state index contributed by atoms with van der Waals surface area (Å²) in [5.74, 6) is -0.208. The molecule has 28 heavy (non-hydrogen) atoms. The fraction of sp³-hybridized carbons (Fsp3) is 0.190. The maximum atomic E-state index is 12.3. The minimum Gasteiger partial charge on any atom is -0.484 e. The van der Waals surface area contributed by atoms with Gasteiger partial charge in [-0.15, -0.1) is 0 Å². The van der Waals surface area contributed by atoms with Crippen molar-refractivity contribution in [1.82, 2.24) is 5.32 Å². The molecule has 0 saturated carbocycles. The molecule has 0 bridgehead atoms. The summed E-state index contributed by atoms with van der Waals surface area (Å²) in [5.41, 5.74) is 1.15. The molecule has 0 atom stereocenters. The quantitative estimate of drug-likeness (QED) is 0.549. The zero-order chi connectivity index (χ0) is 20.5. The average Bonchev–Trinajstić information content (AvgIpc) is 2.66. The third kappa shape index (κ3) is 6.78. The Labute approximate surface area is 168 Å². The molecule has 7 heteroatoms. The van der Waals surface area contributed by atoms with E-state index in [9.17, 15) is 14.9 Å². The standard InChI is InChI=1S/C21H20ClN3O3/c1-14(2)24-20(26)13-28-19-9-3-15(4-10-19)11-16(12-23)21(27)25-18-7-5-17(22)6-8-18/h3-11,14H,13H2,1-2H3,(H,24,26)(H,25,27)/b16-11+. The maximum absolute atomic E-state index is 12.3. The van der Waals surface area contributed by atoms with E-state index in [4.69, 9.17) is 16.3 Å². The number of benzene rings is 2. The summed E-state index contributed by atoms with van der Waals surface area (Å²) in [6.07, 6.45) is 1.47. The number of hydrogen-bond donors (Lipinski definition) is 2. The van der Waals surface area contributed by atoms with E-state index < -0.39 is 5.91 Å². The Kier molecular flexibility index (Phi) is 7.61. The molecule has 0 fully saturated rings. The summed E-state index contributed by atoms with van der Waals surface area (Å²) in [6, 6.07) is 15.3. The van der Waals surface area contributed by atoms with Crippen LogP contribution in [0.25, 0.3) is 6.08 Å². The second kappa shape index (κ2) is 10.1. The van der Waals surface area contributed by atoms with Crippen molar-refractivity contribution in [3.63, 3.8) is 0 Å². The van der Waals surface area contributed by atoms with Crippen molar-refractivity contribution >= 4 is 35.2 Å². The summed E-state index contributed by atoms with van der Waals surface area (Å²) in [5, 5.41) is 15.2. The van der Waals surface area contributed by atoms with Crippen LogP contribution in [0.3, 0.4) is 0 Å². The zero-order valence-corrected chi connectivity index (χ0v) is 16.3. The van der Waals surface area contributed by atoms with Crippen molar-refractivity contribution in [2.45, 2.75) is 19.9 Å². The fourth-order valence-electron chi connectivity index (χ4n) is 2.22. The fourth-order valence-corrected chi connectivity index (χ4v) is 2.35. The molecule has 0 radical (unpaired) electrons. The van der Waals surface area contributed by atoms with Crippen LogP contribution in [-0.4, -0.2) is 24.5 Å². The molecule has 0 spiro atoms. The van der Waals surface area contributed by atoms with Gasteiger partial charge in [-0.05, 0) is 61.9 Å². The molecule has 0 aromatic heterocycles. The van der Waals surface area contributed by atoms with Gasteiger partial charge in [0.25, 0.3) is 11.8 Å². The molecular weight excluding hydrogens is 378 g/mol. The van der Waals surface area contributed by atoms with E-state index in [1.165, 1.54) is 6.08 Å². The molecule has 0 aliphatic rings. The van der Waals surface area contributed by atoms with Crippen molar-refractivity contribution in [2.24, 2.45) is 0 Å². The van der Waals surface area contributed by atoms with Crippen LogP contribution in [-0.2, 0) is 9.59 Å². The van der Waals surface area contributed by atoms with Gasteiger partial charge in [-0.2, -0.15) is 5.26 Å². The first-order chi connectivity index (χ1) is 13.4. The second-order valence-corrected chi connectivity index (χ2v) is 6.65. The van der Waals surface area contributed by atoms with Crippen LogP contribution in [0.2, 0.25) is 5.02 Å². The molecule has 2 aromatic rings. The van der Waals surface area contributed by atoms with Crippen LogP contribution < -0.4 is 15.4 Å². The molecule has 2 amide bonds. The van der Waals surface area contributed by atoms with Gasteiger partial charge in [-0.1, -0.05) is 23.7 Å².